The molecular formula is C12H21N3O4S. The molecule has 0 aliphatic carbocycles. The molecule has 7 nitrogen and oxygen atoms in total. The fraction of sp³-hybridized carbons (Fsp3) is 0.583. The summed E-state index contributed by atoms with van der Waals surface area (Å²) in [6.07, 6.45) is 1.24. The van der Waals surface area contributed by atoms with Gasteiger partial charge in [0.15, 0.2) is 0 Å². The second-order valence-electron chi connectivity index (χ2n) is 4.86. The summed E-state index contributed by atoms with van der Waals surface area (Å²) in [7, 11) is -2.28. The van der Waals surface area contributed by atoms with Crippen LogP contribution < -0.4 is 10.5 Å². The molecule has 1 amide bonds. The Labute approximate surface area is 119 Å². The highest BCUT2D eigenvalue weighted by atomic mass is 32.2. The zero-order valence-electron chi connectivity index (χ0n) is 12.1. The second-order valence-corrected chi connectivity index (χ2v) is 6.42. The lowest BCUT2D eigenvalue weighted by Crippen LogP contribution is -2.33. The topological polar surface area (TPSA) is 103 Å². The molecule has 3 N–H and O–H groups in total. The number of primary sulfonamides is 1. The van der Waals surface area contributed by atoms with Crippen molar-refractivity contribution >= 4 is 15.9 Å². The van der Waals surface area contributed by atoms with Crippen LogP contribution in [0.2, 0.25) is 0 Å². The first-order valence-electron chi connectivity index (χ1n) is 6.22. The zero-order valence-corrected chi connectivity index (χ0v) is 12.9. The Balaban J connectivity index is 3.04. The van der Waals surface area contributed by atoms with Gasteiger partial charge in [-0.3, -0.25) is 4.79 Å². The van der Waals surface area contributed by atoms with Gasteiger partial charge in [-0.15, -0.1) is 0 Å². The van der Waals surface area contributed by atoms with E-state index in [-0.39, 0.29) is 28.6 Å². The Bertz CT molecular complexity index is 578. The maximum absolute atomic E-state index is 12.1. The van der Waals surface area contributed by atoms with Crippen LogP contribution in [0.1, 0.15) is 37.3 Å². The van der Waals surface area contributed by atoms with Gasteiger partial charge in [-0.25, -0.2) is 13.6 Å². The van der Waals surface area contributed by atoms with Gasteiger partial charge >= 0.3 is 0 Å². The molecule has 0 aliphatic rings. The summed E-state index contributed by atoms with van der Waals surface area (Å²) >= 11 is 0. The van der Waals surface area contributed by atoms with Gasteiger partial charge in [0.25, 0.3) is 5.91 Å². The lowest BCUT2D eigenvalue weighted by molar-refractivity contribution is 0.0861. The summed E-state index contributed by atoms with van der Waals surface area (Å²) in [4.78, 5) is 12.0. The molecule has 0 spiro atoms. The molecule has 0 fully saturated rings. The molecule has 8 heteroatoms. The van der Waals surface area contributed by atoms with Crippen molar-refractivity contribution in [3.63, 3.8) is 0 Å². The van der Waals surface area contributed by atoms with Crippen LogP contribution in [0, 0.1) is 0 Å². The summed E-state index contributed by atoms with van der Waals surface area (Å²) in [5.41, 5.74) is 0.257. The van der Waals surface area contributed by atoms with Gasteiger partial charge in [0.2, 0.25) is 10.0 Å². The number of hydrogen-bond donors (Lipinski definition) is 2. The van der Waals surface area contributed by atoms with E-state index in [1.807, 2.05) is 20.8 Å². The number of aromatic nitrogens is 1. The number of nitrogens with one attached hydrogen (secondary N) is 1. The number of carbonyl (C=O) groups is 1. The third kappa shape index (κ3) is 4.06. The molecule has 0 saturated heterocycles. The minimum atomic E-state index is -3.83. The van der Waals surface area contributed by atoms with Crippen LogP contribution in [-0.4, -0.2) is 38.7 Å². The van der Waals surface area contributed by atoms with Crippen LogP contribution in [0.3, 0.4) is 0 Å². The lowest BCUT2D eigenvalue weighted by Gasteiger charge is -2.14. The molecule has 0 saturated carbocycles. The number of rotatable bonds is 6. The van der Waals surface area contributed by atoms with E-state index in [1.165, 1.54) is 12.3 Å². The number of sulfonamides is 1. The normalized spacial score (nSPS) is 13.5. The zero-order chi connectivity index (χ0) is 15.5. The third-order valence-electron chi connectivity index (χ3n) is 2.89. The monoisotopic (exact) mass is 303 g/mol. The van der Waals surface area contributed by atoms with E-state index in [0.29, 0.717) is 6.54 Å². The average molecular weight is 303 g/mol. The summed E-state index contributed by atoms with van der Waals surface area (Å²) in [6, 6.07) is 1.22. The van der Waals surface area contributed by atoms with Gasteiger partial charge in [-0.1, -0.05) is 0 Å². The first kappa shape index (κ1) is 16.7. The van der Waals surface area contributed by atoms with Crippen LogP contribution in [0.5, 0.6) is 0 Å². The number of carbonyl (C=O) groups excluding carboxylic acids is 1. The standard InChI is InChI=1S/C12H21N3O4S/c1-8(2)15-7-10(20(13,17)18)5-11(15)12(16)14-6-9(3)19-4/h5,7-9H,6H2,1-4H3,(H,14,16)(H2,13,17,18). The number of amides is 1. The molecule has 1 unspecified atom stereocenters. The molecule has 1 aromatic heterocycles. The van der Waals surface area contributed by atoms with Crippen molar-refractivity contribution in [3.05, 3.63) is 18.0 Å². The predicted molar refractivity (Wildman–Crippen MR) is 75.0 cm³/mol. The molecule has 1 rings (SSSR count). The van der Waals surface area contributed by atoms with Gasteiger partial charge in [0.1, 0.15) is 10.6 Å². The van der Waals surface area contributed by atoms with E-state index in [4.69, 9.17) is 9.88 Å². The van der Waals surface area contributed by atoms with Crippen molar-refractivity contribution in [2.75, 3.05) is 13.7 Å². The van der Waals surface area contributed by atoms with Crippen molar-refractivity contribution < 1.29 is 17.9 Å². The molecule has 0 aliphatic heterocycles. The average Bonchev–Trinajstić information content (AvgIpc) is 2.80. The summed E-state index contributed by atoms with van der Waals surface area (Å²) in [5.74, 6) is -0.363. The van der Waals surface area contributed by atoms with E-state index in [9.17, 15) is 13.2 Å². The first-order chi connectivity index (χ1) is 9.16. The maximum atomic E-state index is 12.1. The number of nitrogens with zero attached hydrogens (tertiary/aromatic N) is 1. The maximum Gasteiger partial charge on any atom is 0.268 e. The summed E-state index contributed by atoms with van der Waals surface area (Å²) < 4.78 is 29.3. The Hall–Kier alpha value is -1.38. The van der Waals surface area contributed by atoms with Gasteiger partial charge in [-0.05, 0) is 26.8 Å². The smallest absolute Gasteiger partial charge is 0.268 e. The van der Waals surface area contributed by atoms with E-state index >= 15 is 0 Å². The minimum absolute atomic E-state index is 0.0638. The molecule has 0 radical (unpaired) electrons. The fourth-order valence-corrected chi connectivity index (χ4v) is 2.17. The van der Waals surface area contributed by atoms with E-state index in [2.05, 4.69) is 5.32 Å². The highest BCUT2D eigenvalue weighted by Gasteiger charge is 2.20. The number of methoxy groups -OCH3 is 1. The fourth-order valence-electron chi connectivity index (χ4n) is 1.63. The van der Waals surface area contributed by atoms with Crippen LogP contribution in [-0.2, 0) is 14.8 Å². The van der Waals surface area contributed by atoms with Gasteiger partial charge in [0.05, 0.1) is 6.10 Å². The van der Waals surface area contributed by atoms with E-state index < -0.39 is 10.0 Å². The Kier molecular flexibility index (Phi) is 5.32. The van der Waals surface area contributed by atoms with Gasteiger partial charge in [-0.2, -0.15) is 0 Å². The van der Waals surface area contributed by atoms with Crippen molar-refractivity contribution in [1.82, 2.24) is 9.88 Å². The number of ether oxygens (including phenoxy) is 1. The quantitative estimate of drug-likeness (QED) is 0.797. The van der Waals surface area contributed by atoms with Crippen molar-refractivity contribution in [2.24, 2.45) is 5.14 Å². The molecule has 20 heavy (non-hydrogen) atoms. The van der Waals surface area contributed by atoms with E-state index in [1.54, 1.807) is 11.7 Å². The van der Waals surface area contributed by atoms with Crippen molar-refractivity contribution in [2.45, 2.75) is 37.8 Å². The van der Waals surface area contributed by atoms with E-state index in [0.717, 1.165) is 0 Å². The Morgan fingerprint density at radius 2 is 2.05 bits per heavy atom. The molecule has 0 bridgehead atoms. The van der Waals surface area contributed by atoms with Crippen LogP contribution in [0.4, 0.5) is 0 Å². The Morgan fingerprint density at radius 3 is 2.50 bits per heavy atom. The molecule has 1 atom stereocenters. The molecule has 114 valence electrons. The molecular weight excluding hydrogens is 282 g/mol. The first-order valence-corrected chi connectivity index (χ1v) is 7.77. The van der Waals surface area contributed by atoms with Crippen LogP contribution in [0.15, 0.2) is 17.2 Å². The number of nitrogens with two attached hydrogens (primary N) is 1. The van der Waals surface area contributed by atoms with Gasteiger partial charge < -0.3 is 14.6 Å². The summed E-state index contributed by atoms with van der Waals surface area (Å²) in [6.45, 7) is 5.85. The second kappa shape index (κ2) is 6.38. The molecule has 1 heterocycles. The molecule has 1 aromatic rings. The summed E-state index contributed by atoms with van der Waals surface area (Å²) in [5, 5.41) is 7.78. The SMILES string of the molecule is COC(C)CNC(=O)c1cc(S(N)(=O)=O)cn1C(C)C. The Morgan fingerprint density at radius 1 is 1.45 bits per heavy atom. The molecule has 0 aromatic carbocycles. The highest BCUT2D eigenvalue weighted by Crippen LogP contribution is 2.18. The predicted octanol–water partition coefficient (Wildman–Crippen LogP) is 0.481. The largest absolute Gasteiger partial charge is 0.380 e. The van der Waals surface area contributed by atoms with Crippen LogP contribution in [0.25, 0.3) is 0 Å². The van der Waals surface area contributed by atoms with Crippen molar-refractivity contribution in [1.29, 1.82) is 0 Å². The van der Waals surface area contributed by atoms with Crippen molar-refractivity contribution in [3.8, 4) is 0 Å². The number of hydrogen-bond acceptors (Lipinski definition) is 4. The van der Waals surface area contributed by atoms with Gasteiger partial charge in [0, 0.05) is 25.9 Å². The lowest BCUT2D eigenvalue weighted by atomic mass is 10.3. The highest BCUT2D eigenvalue weighted by molar-refractivity contribution is 7.89. The third-order valence-corrected chi connectivity index (χ3v) is 3.77. The van der Waals surface area contributed by atoms with Crippen LogP contribution >= 0.6 is 0 Å². The minimum Gasteiger partial charge on any atom is -0.380 e.